The molecule has 2 atom stereocenters. The molecule has 92 valence electrons. The summed E-state index contributed by atoms with van der Waals surface area (Å²) in [6.07, 6.45) is 0.397. The predicted octanol–water partition coefficient (Wildman–Crippen LogP) is 0.176. The first-order chi connectivity index (χ1) is 8.18. The number of rotatable bonds is 3. The van der Waals surface area contributed by atoms with Crippen molar-refractivity contribution in [1.82, 2.24) is 10.6 Å². The molecular weight excluding hydrogens is 240 g/mol. The van der Waals surface area contributed by atoms with Gasteiger partial charge in [0.1, 0.15) is 0 Å². The number of nitrogens with one attached hydrogen (secondary N) is 2. The molecule has 2 unspecified atom stereocenters. The topological polar surface area (TPSA) is 78.4 Å². The highest BCUT2D eigenvalue weighted by molar-refractivity contribution is 7.10. The van der Waals surface area contributed by atoms with E-state index in [0.717, 1.165) is 19.4 Å². The Morgan fingerprint density at radius 3 is 3.00 bits per heavy atom. The summed E-state index contributed by atoms with van der Waals surface area (Å²) >= 11 is 1.28. The molecule has 1 aromatic rings. The molecule has 1 aromatic heterocycles. The Morgan fingerprint density at radius 2 is 2.41 bits per heavy atom. The van der Waals surface area contributed by atoms with Crippen molar-refractivity contribution in [2.45, 2.75) is 25.0 Å². The normalized spacial score (nSPS) is 21.1. The van der Waals surface area contributed by atoms with Gasteiger partial charge in [0.05, 0.1) is 6.04 Å². The zero-order valence-electron chi connectivity index (χ0n) is 9.18. The molecule has 6 heteroatoms. The minimum atomic E-state index is -1.26. The number of amides is 2. The minimum Gasteiger partial charge on any atom is -0.378 e. The molecule has 0 saturated carbocycles. The third-order valence-corrected chi connectivity index (χ3v) is 3.61. The summed E-state index contributed by atoms with van der Waals surface area (Å²) in [6, 6.07) is 3.10. The highest BCUT2D eigenvalue weighted by atomic mass is 32.1. The second-order valence-corrected chi connectivity index (χ2v) is 4.90. The van der Waals surface area contributed by atoms with Crippen LogP contribution in [0, 0.1) is 0 Å². The Kier molecular flexibility index (Phi) is 3.88. The second kappa shape index (κ2) is 5.39. The number of hydrogen-bond acceptors (Lipinski definition) is 5. The maximum Gasteiger partial charge on any atom is 0.260 e. The van der Waals surface area contributed by atoms with Crippen LogP contribution in [0.1, 0.15) is 23.8 Å². The minimum absolute atomic E-state index is 0.311. The number of hydrogen-bond donors (Lipinski definition) is 3. The summed E-state index contributed by atoms with van der Waals surface area (Å²) < 4.78 is 0. The van der Waals surface area contributed by atoms with E-state index < -0.39 is 12.0 Å². The van der Waals surface area contributed by atoms with E-state index in [1.165, 1.54) is 11.3 Å². The standard InChI is InChI=1S/C11H14N2O3S/c14-9(8-4-2-6-17-8)11(16)13-10(15)7-3-1-5-12-7/h2,4,6-7,9,12,14H,1,3,5H2,(H,13,15,16). The van der Waals surface area contributed by atoms with Crippen LogP contribution < -0.4 is 10.6 Å². The van der Waals surface area contributed by atoms with Crippen molar-refractivity contribution in [2.24, 2.45) is 0 Å². The Morgan fingerprint density at radius 1 is 1.59 bits per heavy atom. The molecule has 2 amide bonds. The van der Waals surface area contributed by atoms with Crippen molar-refractivity contribution in [3.05, 3.63) is 22.4 Å². The van der Waals surface area contributed by atoms with Gasteiger partial charge in [-0.25, -0.2) is 0 Å². The summed E-state index contributed by atoms with van der Waals surface area (Å²) in [7, 11) is 0. The van der Waals surface area contributed by atoms with Crippen LogP contribution in [0.5, 0.6) is 0 Å². The van der Waals surface area contributed by atoms with Gasteiger partial charge in [-0.3, -0.25) is 14.9 Å². The van der Waals surface area contributed by atoms with Crippen molar-refractivity contribution >= 4 is 23.2 Å². The van der Waals surface area contributed by atoms with E-state index in [-0.39, 0.29) is 11.9 Å². The highest BCUT2D eigenvalue weighted by Crippen LogP contribution is 2.18. The molecule has 0 spiro atoms. The molecule has 2 heterocycles. The van der Waals surface area contributed by atoms with Gasteiger partial charge in [0.2, 0.25) is 5.91 Å². The number of aliphatic hydroxyl groups excluding tert-OH is 1. The van der Waals surface area contributed by atoms with E-state index in [1.807, 2.05) is 0 Å². The van der Waals surface area contributed by atoms with Crippen LogP contribution in [0.2, 0.25) is 0 Å². The Labute approximate surface area is 103 Å². The third-order valence-electron chi connectivity index (χ3n) is 2.68. The molecule has 1 aliphatic rings. The first-order valence-corrected chi connectivity index (χ1v) is 6.36. The van der Waals surface area contributed by atoms with Gasteiger partial charge < -0.3 is 10.4 Å². The number of thiophene rings is 1. The van der Waals surface area contributed by atoms with Crippen LogP contribution in [0.3, 0.4) is 0 Å². The Hall–Kier alpha value is -1.24. The van der Waals surface area contributed by atoms with Gasteiger partial charge in [0.15, 0.2) is 6.10 Å². The lowest BCUT2D eigenvalue weighted by Gasteiger charge is -2.12. The summed E-state index contributed by atoms with van der Waals surface area (Å²) in [6.45, 7) is 0.791. The molecule has 5 nitrogen and oxygen atoms in total. The predicted molar refractivity (Wildman–Crippen MR) is 63.5 cm³/mol. The molecule has 0 bridgehead atoms. The first-order valence-electron chi connectivity index (χ1n) is 5.48. The van der Waals surface area contributed by atoms with Crippen LogP contribution in [-0.2, 0) is 9.59 Å². The van der Waals surface area contributed by atoms with E-state index in [9.17, 15) is 14.7 Å². The zero-order chi connectivity index (χ0) is 12.3. The number of aliphatic hydroxyl groups is 1. The van der Waals surface area contributed by atoms with E-state index in [4.69, 9.17) is 0 Å². The van der Waals surface area contributed by atoms with Crippen molar-refractivity contribution in [3.63, 3.8) is 0 Å². The van der Waals surface area contributed by atoms with Crippen LogP contribution in [0.15, 0.2) is 17.5 Å². The molecule has 1 aliphatic heterocycles. The van der Waals surface area contributed by atoms with Crippen molar-refractivity contribution in [2.75, 3.05) is 6.54 Å². The lowest BCUT2D eigenvalue weighted by Crippen LogP contribution is -2.44. The van der Waals surface area contributed by atoms with Crippen LogP contribution >= 0.6 is 11.3 Å². The molecule has 17 heavy (non-hydrogen) atoms. The average molecular weight is 254 g/mol. The summed E-state index contributed by atoms with van der Waals surface area (Å²) in [5.74, 6) is -1.02. The van der Waals surface area contributed by atoms with Gasteiger partial charge in [0, 0.05) is 4.88 Å². The molecule has 1 fully saturated rings. The highest BCUT2D eigenvalue weighted by Gasteiger charge is 2.26. The van der Waals surface area contributed by atoms with Gasteiger partial charge >= 0.3 is 0 Å². The van der Waals surface area contributed by atoms with E-state index in [1.54, 1.807) is 17.5 Å². The van der Waals surface area contributed by atoms with E-state index in [0.29, 0.717) is 4.88 Å². The fourth-order valence-electron chi connectivity index (χ4n) is 1.76. The molecule has 0 radical (unpaired) electrons. The maximum absolute atomic E-state index is 11.6. The molecule has 2 rings (SSSR count). The quantitative estimate of drug-likeness (QED) is 0.719. The zero-order valence-corrected chi connectivity index (χ0v) is 10.00. The maximum atomic E-state index is 11.6. The molecule has 0 aliphatic carbocycles. The average Bonchev–Trinajstić information content (AvgIpc) is 3.00. The van der Waals surface area contributed by atoms with Crippen molar-refractivity contribution in [3.8, 4) is 0 Å². The van der Waals surface area contributed by atoms with E-state index in [2.05, 4.69) is 10.6 Å². The SMILES string of the molecule is O=C(NC(=O)C(O)c1cccs1)C1CCCN1. The number of carbonyl (C=O) groups excluding carboxylic acids is 2. The van der Waals surface area contributed by atoms with Gasteiger partial charge in [-0.05, 0) is 30.8 Å². The Bertz CT molecular complexity index is 399. The Balaban J connectivity index is 1.90. The third kappa shape index (κ3) is 2.91. The van der Waals surface area contributed by atoms with Gasteiger partial charge in [0.25, 0.3) is 5.91 Å². The fourth-order valence-corrected chi connectivity index (χ4v) is 2.47. The molecule has 1 saturated heterocycles. The summed E-state index contributed by atoms with van der Waals surface area (Å²) in [5, 5.41) is 16.7. The van der Waals surface area contributed by atoms with Crippen molar-refractivity contribution < 1.29 is 14.7 Å². The van der Waals surface area contributed by atoms with E-state index >= 15 is 0 Å². The molecule has 3 N–H and O–H groups in total. The smallest absolute Gasteiger partial charge is 0.260 e. The lowest BCUT2D eigenvalue weighted by atomic mass is 10.2. The molecule has 0 aromatic carbocycles. The summed E-state index contributed by atoms with van der Waals surface area (Å²) in [5.41, 5.74) is 0. The summed E-state index contributed by atoms with van der Waals surface area (Å²) in [4.78, 5) is 23.8. The fraction of sp³-hybridized carbons (Fsp3) is 0.455. The number of carbonyl (C=O) groups is 2. The lowest BCUT2D eigenvalue weighted by molar-refractivity contribution is -0.136. The second-order valence-electron chi connectivity index (χ2n) is 3.92. The van der Waals surface area contributed by atoms with Crippen LogP contribution in [0.4, 0.5) is 0 Å². The van der Waals surface area contributed by atoms with Crippen LogP contribution in [0.25, 0.3) is 0 Å². The monoisotopic (exact) mass is 254 g/mol. The van der Waals surface area contributed by atoms with Crippen molar-refractivity contribution in [1.29, 1.82) is 0 Å². The van der Waals surface area contributed by atoms with Crippen LogP contribution in [-0.4, -0.2) is 29.5 Å². The van der Waals surface area contributed by atoms with Gasteiger partial charge in [-0.2, -0.15) is 0 Å². The largest absolute Gasteiger partial charge is 0.378 e. The van der Waals surface area contributed by atoms with Gasteiger partial charge in [-0.1, -0.05) is 6.07 Å². The molecular formula is C11H14N2O3S. The first kappa shape index (κ1) is 12.2. The van der Waals surface area contributed by atoms with Gasteiger partial charge in [-0.15, -0.1) is 11.3 Å². The number of imide groups is 1.